The molecule has 0 unspecified atom stereocenters. The number of methoxy groups -OCH3 is 1. The van der Waals surface area contributed by atoms with Crippen LogP contribution in [0.4, 0.5) is 5.88 Å². The summed E-state index contributed by atoms with van der Waals surface area (Å²) in [6, 6.07) is 7.47. The highest BCUT2D eigenvalue weighted by molar-refractivity contribution is 5.66. The quantitative estimate of drug-likeness (QED) is 0.814. The van der Waals surface area contributed by atoms with Crippen LogP contribution in [0.5, 0.6) is 5.75 Å². The lowest BCUT2D eigenvalue weighted by Crippen LogP contribution is -1.87. The van der Waals surface area contributed by atoms with Crippen molar-refractivity contribution in [2.24, 2.45) is 0 Å². The van der Waals surface area contributed by atoms with E-state index >= 15 is 0 Å². The fraction of sp³-hybridized carbons (Fsp3) is 0.182. The number of aryl methyl sites for hydroxylation is 1. The smallest absolute Gasteiger partial charge is 0.222 e. The summed E-state index contributed by atoms with van der Waals surface area (Å²) in [5, 5.41) is 3.86. The molecule has 0 atom stereocenters. The molecule has 4 nitrogen and oxygen atoms in total. The van der Waals surface area contributed by atoms with Gasteiger partial charge in [-0.2, -0.15) is 0 Å². The van der Waals surface area contributed by atoms with Gasteiger partial charge in [-0.05, 0) is 30.7 Å². The monoisotopic (exact) mass is 204 g/mol. The molecule has 4 heteroatoms. The maximum absolute atomic E-state index is 5.47. The number of aromatic nitrogens is 1. The van der Waals surface area contributed by atoms with Crippen molar-refractivity contribution in [3.63, 3.8) is 0 Å². The van der Waals surface area contributed by atoms with E-state index in [9.17, 15) is 0 Å². The minimum absolute atomic E-state index is 0.320. The Balaban J connectivity index is 2.45. The molecular weight excluding hydrogens is 192 g/mol. The molecule has 0 fully saturated rings. The molecule has 0 amide bonds. The number of nitrogen functional groups attached to an aromatic ring is 1. The molecule has 2 N–H and O–H groups in total. The largest absolute Gasteiger partial charge is 0.497 e. The van der Waals surface area contributed by atoms with Crippen LogP contribution in [0.1, 0.15) is 5.56 Å². The van der Waals surface area contributed by atoms with Crippen molar-refractivity contribution in [3.8, 4) is 17.0 Å². The van der Waals surface area contributed by atoms with Crippen molar-refractivity contribution in [2.45, 2.75) is 6.92 Å². The Labute approximate surface area is 87.6 Å². The molecule has 1 heterocycles. The van der Waals surface area contributed by atoms with Gasteiger partial charge in [-0.1, -0.05) is 5.16 Å². The van der Waals surface area contributed by atoms with E-state index in [4.69, 9.17) is 15.0 Å². The highest BCUT2D eigenvalue weighted by atomic mass is 16.5. The molecule has 0 spiro atoms. The van der Waals surface area contributed by atoms with Gasteiger partial charge in [0.15, 0.2) is 0 Å². The van der Waals surface area contributed by atoms with Gasteiger partial charge in [0.25, 0.3) is 0 Å². The fourth-order valence-corrected chi connectivity index (χ4v) is 1.47. The summed E-state index contributed by atoms with van der Waals surface area (Å²) in [4.78, 5) is 0. The minimum atomic E-state index is 0.320. The molecule has 0 radical (unpaired) electrons. The van der Waals surface area contributed by atoms with Gasteiger partial charge in [0.2, 0.25) is 5.88 Å². The molecule has 15 heavy (non-hydrogen) atoms. The van der Waals surface area contributed by atoms with E-state index in [1.165, 1.54) is 0 Å². The molecule has 0 saturated heterocycles. The normalized spacial score (nSPS) is 10.3. The number of nitrogens with zero attached hydrogens (tertiary/aromatic N) is 1. The molecule has 2 aromatic rings. The van der Waals surface area contributed by atoms with Crippen LogP contribution in [-0.4, -0.2) is 12.3 Å². The van der Waals surface area contributed by atoms with Crippen LogP contribution in [-0.2, 0) is 0 Å². The third-order valence-electron chi connectivity index (χ3n) is 2.24. The number of ether oxygens (including phenoxy) is 1. The zero-order chi connectivity index (χ0) is 10.8. The van der Waals surface area contributed by atoms with Crippen molar-refractivity contribution in [2.75, 3.05) is 12.8 Å². The minimum Gasteiger partial charge on any atom is -0.497 e. The lowest BCUT2D eigenvalue weighted by Gasteiger charge is -2.04. The van der Waals surface area contributed by atoms with Gasteiger partial charge in [-0.3, -0.25) is 0 Å². The standard InChI is InChI=1S/C11H12N2O2/c1-7-5-8(14-2)3-4-9(7)10-6-11(12)15-13-10/h3-6H,12H2,1-2H3. The van der Waals surface area contributed by atoms with Gasteiger partial charge in [0.05, 0.1) is 7.11 Å². The van der Waals surface area contributed by atoms with E-state index in [0.29, 0.717) is 5.88 Å². The summed E-state index contributed by atoms with van der Waals surface area (Å²) in [7, 11) is 1.64. The first-order valence-corrected chi connectivity index (χ1v) is 4.58. The van der Waals surface area contributed by atoms with E-state index < -0.39 is 0 Å². The van der Waals surface area contributed by atoms with Gasteiger partial charge in [0.1, 0.15) is 11.4 Å². The second kappa shape index (κ2) is 3.65. The van der Waals surface area contributed by atoms with E-state index in [0.717, 1.165) is 22.6 Å². The molecule has 1 aromatic heterocycles. The van der Waals surface area contributed by atoms with E-state index in [-0.39, 0.29) is 0 Å². The summed E-state index contributed by atoms with van der Waals surface area (Å²) < 4.78 is 9.95. The highest BCUT2D eigenvalue weighted by Gasteiger charge is 2.07. The number of hydrogen-bond donors (Lipinski definition) is 1. The van der Waals surface area contributed by atoms with Crippen LogP contribution >= 0.6 is 0 Å². The Morgan fingerprint density at radius 2 is 2.13 bits per heavy atom. The summed E-state index contributed by atoms with van der Waals surface area (Å²) in [6.45, 7) is 1.99. The second-order valence-corrected chi connectivity index (χ2v) is 3.30. The van der Waals surface area contributed by atoms with Crippen molar-refractivity contribution >= 4 is 5.88 Å². The first-order valence-electron chi connectivity index (χ1n) is 4.58. The van der Waals surface area contributed by atoms with Crippen molar-refractivity contribution in [1.82, 2.24) is 5.16 Å². The van der Waals surface area contributed by atoms with E-state index in [1.54, 1.807) is 13.2 Å². The molecule has 2 rings (SSSR count). The van der Waals surface area contributed by atoms with E-state index in [2.05, 4.69) is 5.16 Å². The van der Waals surface area contributed by atoms with Gasteiger partial charge in [-0.25, -0.2) is 0 Å². The SMILES string of the molecule is COc1ccc(-c2cc(N)on2)c(C)c1. The lowest BCUT2D eigenvalue weighted by molar-refractivity contribution is 0.414. The Kier molecular flexibility index (Phi) is 2.33. The Morgan fingerprint density at radius 3 is 2.67 bits per heavy atom. The summed E-state index contributed by atoms with van der Waals surface area (Å²) >= 11 is 0. The first-order chi connectivity index (χ1) is 7.20. The molecule has 0 saturated carbocycles. The average molecular weight is 204 g/mol. The summed E-state index contributed by atoms with van der Waals surface area (Å²) in [5.74, 6) is 1.15. The van der Waals surface area contributed by atoms with Crippen molar-refractivity contribution < 1.29 is 9.26 Å². The number of anilines is 1. The van der Waals surface area contributed by atoms with Crippen molar-refractivity contribution in [3.05, 3.63) is 29.8 Å². The van der Waals surface area contributed by atoms with Crippen LogP contribution in [0, 0.1) is 6.92 Å². The maximum atomic E-state index is 5.47. The number of hydrogen-bond acceptors (Lipinski definition) is 4. The van der Waals surface area contributed by atoms with Crippen molar-refractivity contribution in [1.29, 1.82) is 0 Å². The van der Waals surface area contributed by atoms with Gasteiger partial charge < -0.3 is 15.0 Å². The molecule has 0 aliphatic heterocycles. The van der Waals surface area contributed by atoms with Gasteiger partial charge in [-0.15, -0.1) is 0 Å². The van der Waals surface area contributed by atoms with Crippen LogP contribution in [0.15, 0.2) is 28.8 Å². The predicted octanol–water partition coefficient (Wildman–Crippen LogP) is 2.24. The number of benzene rings is 1. The van der Waals surface area contributed by atoms with Crippen LogP contribution in [0.3, 0.4) is 0 Å². The van der Waals surface area contributed by atoms with Crippen LogP contribution in [0.2, 0.25) is 0 Å². The fourth-order valence-electron chi connectivity index (χ4n) is 1.47. The Bertz CT molecular complexity index is 477. The lowest BCUT2D eigenvalue weighted by atomic mass is 10.1. The van der Waals surface area contributed by atoms with Crippen LogP contribution < -0.4 is 10.5 Å². The molecule has 0 aliphatic carbocycles. The highest BCUT2D eigenvalue weighted by Crippen LogP contribution is 2.26. The summed E-state index contributed by atoms with van der Waals surface area (Å²) in [6.07, 6.45) is 0. The third kappa shape index (κ3) is 1.79. The topological polar surface area (TPSA) is 61.3 Å². The molecule has 0 bridgehead atoms. The number of rotatable bonds is 2. The Morgan fingerprint density at radius 1 is 1.33 bits per heavy atom. The van der Waals surface area contributed by atoms with E-state index in [1.807, 2.05) is 25.1 Å². The maximum Gasteiger partial charge on any atom is 0.222 e. The average Bonchev–Trinajstić information content (AvgIpc) is 2.64. The third-order valence-corrected chi connectivity index (χ3v) is 2.24. The zero-order valence-corrected chi connectivity index (χ0v) is 8.65. The first kappa shape index (κ1) is 9.58. The molecule has 78 valence electrons. The molecule has 1 aromatic carbocycles. The predicted molar refractivity (Wildman–Crippen MR) is 57.6 cm³/mol. The molecule has 0 aliphatic rings. The zero-order valence-electron chi connectivity index (χ0n) is 8.65. The number of nitrogens with two attached hydrogens (primary N) is 1. The van der Waals surface area contributed by atoms with Gasteiger partial charge >= 0.3 is 0 Å². The summed E-state index contributed by atoms with van der Waals surface area (Å²) in [5.41, 5.74) is 8.28. The molecular formula is C11H12N2O2. The van der Waals surface area contributed by atoms with Crippen LogP contribution in [0.25, 0.3) is 11.3 Å². The Hall–Kier alpha value is -1.97. The van der Waals surface area contributed by atoms with Gasteiger partial charge in [0, 0.05) is 11.6 Å². The second-order valence-electron chi connectivity index (χ2n) is 3.30.